The van der Waals surface area contributed by atoms with Crippen LogP contribution in [0.15, 0.2) is 66.4 Å². The van der Waals surface area contributed by atoms with Gasteiger partial charge >= 0.3 is 5.97 Å². The highest BCUT2D eigenvalue weighted by Crippen LogP contribution is 2.20. The molecule has 0 saturated heterocycles. The second-order valence-corrected chi connectivity index (χ2v) is 7.31. The molecule has 33 heavy (non-hydrogen) atoms. The third-order valence-corrected chi connectivity index (χ3v) is 5.11. The second kappa shape index (κ2) is 9.24. The first-order valence-electron chi connectivity index (χ1n) is 10.2. The monoisotopic (exact) mass is 439 g/mol. The van der Waals surface area contributed by atoms with Crippen LogP contribution >= 0.6 is 0 Å². The van der Waals surface area contributed by atoms with Gasteiger partial charge in [-0.1, -0.05) is 30.3 Å². The summed E-state index contributed by atoms with van der Waals surface area (Å²) in [4.78, 5) is 19.5. The number of carbonyl (C=O) groups is 1. The van der Waals surface area contributed by atoms with E-state index in [9.17, 15) is 15.2 Å². The Hall–Kier alpha value is -4.64. The first-order chi connectivity index (χ1) is 16.0. The van der Waals surface area contributed by atoms with E-state index >= 15 is 0 Å². The summed E-state index contributed by atoms with van der Waals surface area (Å²) in [6.45, 7) is 3.32. The number of nitrogens with zero attached hydrogens (tertiary/aromatic N) is 4. The number of nitrogens with one attached hydrogen (secondary N) is 1. The molecular weight excluding hydrogens is 418 g/mol. The van der Waals surface area contributed by atoms with Crippen LogP contribution in [0.5, 0.6) is 0 Å². The minimum absolute atomic E-state index is 0.0844. The van der Waals surface area contributed by atoms with Gasteiger partial charge in [-0.25, -0.2) is 14.5 Å². The average molecular weight is 439 g/mol. The summed E-state index contributed by atoms with van der Waals surface area (Å²) in [7, 11) is 0. The van der Waals surface area contributed by atoms with E-state index in [4.69, 9.17) is 4.74 Å². The molecule has 0 radical (unpaired) electrons. The molecule has 0 amide bonds. The minimum atomic E-state index is -0.658. The number of H-pyrrole nitrogens is 1. The summed E-state index contributed by atoms with van der Waals surface area (Å²) >= 11 is 0. The van der Waals surface area contributed by atoms with Crippen molar-refractivity contribution in [2.45, 2.75) is 13.8 Å². The molecule has 0 aliphatic carbocycles. The van der Waals surface area contributed by atoms with Crippen molar-refractivity contribution in [3.63, 3.8) is 0 Å². The third-order valence-electron chi connectivity index (χ3n) is 5.11. The molecule has 2 aromatic heterocycles. The summed E-state index contributed by atoms with van der Waals surface area (Å²) in [5.41, 5.74) is 4.67. The molecule has 4 aromatic rings. The van der Waals surface area contributed by atoms with Crippen LogP contribution in [0.1, 0.15) is 22.8 Å². The van der Waals surface area contributed by atoms with Gasteiger partial charge in [0.2, 0.25) is 0 Å². The van der Waals surface area contributed by atoms with Crippen LogP contribution in [0, 0.1) is 25.2 Å². The van der Waals surface area contributed by atoms with Crippen molar-refractivity contribution in [3.8, 4) is 11.8 Å². The Morgan fingerprint density at radius 3 is 2.64 bits per heavy atom. The zero-order valence-corrected chi connectivity index (χ0v) is 18.1. The Balaban J connectivity index is 1.47. The number of esters is 1. The lowest BCUT2D eigenvalue weighted by molar-refractivity contribution is -0.137. The number of rotatable bonds is 6. The fraction of sp³-hybridized carbons (Fsp3) is 0.120. The number of para-hydroxylation sites is 3. The Labute approximate surface area is 190 Å². The van der Waals surface area contributed by atoms with Crippen molar-refractivity contribution in [1.82, 2.24) is 19.7 Å². The van der Waals surface area contributed by atoms with Gasteiger partial charge in [-0.3, -0.25) is 0 Å². The molecule has 8 nitrogen and oxygen atoms in total. The highest BCUT2D eigenvalue weighted by Gasteiger charge is 2.15. The maximum atomic E-state index is 12.2. The summed E-state index contributed by atoms with van der Waals surface area (Å²) in [5, 5.41) is 24.3. The highest BCUT2D eigenvalue weighted by molar-refractivity contribution is 5.88. The predicted octanol–water partition coefficient (Wildman–Crippen LogP) is 4.41. The number of allylic oxidation sites excluding steroid dienone is 1. The molecule has 8 heteroatoms. The quantitative estimate of drug-likeness (QED) is 0.199. The zero-order valence-electron chi connectivity index (χ0n) is 18.1. The maximum Gasteiger partial charge on any atom is 0.331 e. The van der Waals surface area contributed by atoms with Gasteiger partial charge in [0.05, 0.1) is 22.4 Å². The number of carbonyl (C=O) groups excluding carboxylic acids is 1. The number of nitriles is 1. The highest BCUT2D eigenvalue weighted by atomic mass is 16.5. The van der Waals surface area contributed by atoms with E-state index in [0.717, 1.165) is 28.2 Å². The molecule has 4 rings (SSSR count). The third kappa shape index (κ3) is 4.52. The number of hydrogen-bond donors (Lipinski definition) is 2. The number of aliphatic hydroxyl groups is 1. The number of imidazole rings is 1. The summed E-state index contributed by atoms with van der Waals surface area (Å²) < 4.78 is 6.93. The molecule has 0 unspecified atom stereocenters. The van der Waals surface area contributed by atoms with E-state index in [1.807, 2.05) is 68.4 Å². The van der Waals surface area contributed by atoms with Gasteiger partial charge in [0.1, 0.15) is 18.2 Å². The Morgan fingerprint density at radius 1 is 1.18 bits per heavy atom. The molecule has 0 aliphatic heterocycles. The molecular formula is C25H21N5O3. The molecule has 164 valence electrons. The van der Waals surface area contributed by atoms with E-state index in [-0.39, 0.29) is 17.2 Å². The fourth-order valence-electron chi connectivity index (χ4n) is 3.45. The second-order valence-electron chi connectivity index (χ2n) is 7.31. The maximum absolute atomic E-state index is 12.2. The molecule has 0 atom stereocenters. The molecule has 0 spiro atoms. The Bertz CT molecular complexity index is 1390. The van der Waals surface area contributed by atoms with Crippen LogP contribution in [0.2, 0.25) is 0 Å². The van der Waals surface area contributed by atoms with E-state index in [1.54, 1.807) is 16.8 Å². The predicted molar refractivity (Wildman–Crippen MR) is 124 cm³/mol. The average Bonchev–Trinajstić information content (AvgIpc) is 3.37. The van der Waals surface area contributed by atoms with E-state index < -0.39 is 12.6 Å². The van der Waals surface area contributed by atoms with E-state index in [0.29, 0.717) is 5.52 Å². The van der Waals surface area contributed by atoms with Crippen LogP contribution < -0.4 is 0 Å². The van der Waals surface area contributed by atoms with Crippen LogP contribution in [0.4, 0.5) is 0 Å². The fourth-order valence-corrected chi connectivity index (χ4v) is 3.45. The van der Waals surface area contributed by atoms with Crippen molar-refractivity contribution in [1.29, 1.82) is 5.26 Å². The van der Waals surface area contributed by atoms with Crippen LogP contribution in [-0.4, -0.2) is 37.4 Å². The normalized spacial score (nSPS) is 12.0. The van der Waals surface area contributed by atoms with Gasteiger partial charge in [-0.15, -0.1) is 0 Å². The van der Waals surface area contributed by atoms with E-state index in [1.165, 1.54) is 6.08 Å². The van der Waals surface area contributed by atoms with Crippen molar-refractivity contribution in [2.24, 2.45) is 0 Å². The van der Waals surface area contributed by atoms with Crippen molar-refractivity contribution >= 4 is 28.7 Å². The Morgan fingerprint density at radius 2 is 1.91 bits per heavy atom. The summed E-state index contributed by atoms with van der Waals surface area (Å²) in [6, 6.07) is 18.9. The number of hydrogen-bond acceptors (Lipinski definition) is 6. The first kappa shape index (κ1) is 21.6. The van der Waals surface area contributed by atoms with Crippen LogP contribution in [0.3, 0.4) is 0 Å². The molecule has 0 fully saturated rings. The molecule has 0 saturated carbocycles. The van der Waals surface area contributed by atoms with Crippen LogP contribution in [-0.2, 0) is 9.53 Å². The number of fused-ring (bicyclic) bond motifs is 1. The standard InChI is InChI=1S/C25H21N5O3/c1-16-19(17(2)30(29-16)18-8-4-3-5-9-18)12-13-24(32)33-15-23(31)20(14-26)25-27-21-10-6-7-11-22(21)28-25/h3-13,31H,15H2,1-2H3,(H,27,28)/b13-12?,23-20-. The number of aliphatic hydroxyl groups excluding tert-OH is 1. The lowest BCUT2D eigenvalue weighted by atomic mass is 10.2. The lowest BCUT2D eigenvalue weighted by Crippen LogP contribution is -2.06. The molecule has 2 aromatic carbocycles. The summed E-state index contributed by atoms with van der Waals surface area (Å²) in [6.07, 6.45) is 2.90. The Kier molecular flexibility index (Phi) is 6.04. The SMILES string of the molecule is Cc1nn(-c2ccccc2)c(C)c1C=CC(=O)OC/C(O)=C(\C#N)c1nc2ccccc2[nH]1. The number of aromatic amines is 1. The number of aryl methyl sites for hydroxylation is 1. The van der Waals surface area contributed by atoms with Gasteiger partial charge in [0, 0.05) is 17.3 Å². The van der Waals surface area contributed by atoms with Gasteiger partial charge in [0.15, 0.2) is 11.6 Å². The first-order valence-corrected chi connectivity index (χ1v) is 10.2. The van der Waals surface area contributed by atoms with Gasteiger partial charge in [-0.2, -0.15) is 10.4 Å². The molecule has 2 N–H and O–H groups in total. The lowest BCUT2D eigenvalue weighted by Gasteiger charge is -2.04. The number of ether oxygens (including phenoxy) is 1. The summed E-state index contributed by atoms with van der Waals surface area (Å²) in [5.74, 6) is -0.834. The molecule has 0 aliphatic rings. The topological polar surface area (TPSA) is 117 Å². The zero-order chi connectivity index (χ0) is 23.4. The largest absolute Gasteiger partial charge is 0.507 e. The van der Waals surface area contributed by atoms with Crippen LogP contribution in [0.25, 0.3) is 28.4 Å². The van der Waals surface area contributed by atoms with Crippen molar-refractivity contribution < 1.29 is 14.6 Å². The van der Waals surface area contributed by atoms with Gasteiger partial charge in [-0.05, 0) is 44.2 Å². The van der Waals surface area contributed by atoms with Gasteiger partial charge < -0.3 is 14.8 Å². The number of benzene rings is 2. The van der Waals surface area contributed by atoms with Crippen molar-refractivity contribution in [2.75, 3.05) is 6.61 Å². The number of aromatic nitrogens is 4. The molecule has 0 bridgehead atoms. The molecule has 2 heterocycles. The smallest absolute Gasteiger partial charge is 0.331 e. The van der Waals surface area contributed by atoms with E-state index in [2.05, 4.69) is 15.1 Å². The van der Waals surface area contributed by atoms with Gasteiger partial charge in [0.25, 0.3) is 0 Å². The minimum Gasteiger partial charge on any atom is -0.507 e. The van der Waals surface area contributed by atoms with Crippen molar-refractivity contribution in [3.05, 3.63) is 89.2 Å².